The molecular weight excluding hydrogens is 206 g/mol. The molecule has 2 N–H and O–H groups in total. The van der Waals surface area contributed by atoms with Crippen molar-refractivity contribution in [1.29, 1.82) is 0 Å². The molecule has 5 nitrogen and oxygen atoms in total. The van der Waals surface area contributed by atoms with Crippen molar-refractivity contribution in [3.8, 4) is 0 Å². The molecular formula is C8H14ClN3O2. The quantitative estimate of drug-likeness (QED) is 0.620. The van der Waals surface area contributed by atoms with Crippen molar-refractivity contribution >= 4 is 24.3 Å². The fourth-order valence-electron chi connectivity index (χ4n) is 1.77. The lowest BCUT2D eigenvalue weighted by Gasteiger charge is -2.16. The standard InChI is InChI=1S/C8H13N3O2.ClH/c12-7-4-10-8(13)11(7)5-6-1-2-9-3-6;/h6,9H,1-5H2,(H,10,13);1H. The molecule has 80 valence electrons. The minimum Gasteiger partial charge on any atom is -0.329 e. The molecule has 6 heteroatoms. The Morgan fingerprint density at radius 2 is 2.21 bits per heavy atom. The number of imide groups is 1. The van der Waals surface area contributed by atoms with Crippen LogP contribution in [0.15, 0.2) is 0 Å². The minimum atomic E-state index is -0.239. The summed E-state index contributed by atoms with van der Waals surface area (Å²) < 4.78 is 0. The summed E-state index contributed by atoms with van der Waals surface area (Å²) in [6.45, 7) is 2.64. The summed E-state index contributed by atoms with van der Waals surface area (Å²) in [5.74, 6) is 0.338. The van der Waals surface area contributed by atoms with Gasteiger partial charge in [-0.05, 0) is 25.4 Å². The van der Waals surface area contributed by atoms with Gasteiger partial charge in [-0.1, -0.05) is 0 Å². The fourth-order valence-corrected chi connectivity index (χ4v) is 1.77. The first kappa shape index (κ1) is 11.3. The summed E-state index contributed by atoms with van der Waals surface area (Å²) >= 11 is 0. The van der Waals surface area contributed by atoms with E-state index in [-0.39, 0.29) is 30.9 Å². The summed E-state index contributed by atoms with van der Waals surface area (Å²) in [7, 11) is 0. The number of urea groups is 1. The highest BCUT2D eigenvalue weighted by Crippen LogP contribution is 2.11. The molecule has 2 rings (SSSR count). The van der Waals surface area contributed by atoms with Gasteiger partial charge in [0.25, 0.3) is 0 Å². The maximum atomic E-state index is 11.2. The molecule has 0 aromatic carbocycles. The van der Waals surface area contributed by atoms with Gasteiger partial charge in [0.05, 0.1) is 6.54 Å². The molecule has 0 aliphatic carbocycles. The van der Waals surface area contributed by atoms with Gasteiger partial charge in [0.1, 0.15) is 0 Å². The van der Waals surface area contributed by atoms with E-state index < -0.39 is 0 Å². The van der Waals surface area contributed by atoms with E-state index in [9.17, 15) is 9.59 Å². The van der Waals surface area contributed by atoms with Crippen LogP contribution >= 0.6 is 12.4 Å². The molecule has 2 aliphatic rings. The average Bonchev–Trinajstić information content (AvgIpc) is 2.70. The zero-order valence-corrected chi connectivity index (χ0v) is 8.60. The number of carbonyl (C=O) groups excluding carboxylic acids is 2. The highest BCUT2D eigenvalue weighted by Gasteiger charge is 2.31. The van der Waals surface area contributed by atoms with Gasteiger partial charge in [0.15, 0.2) is 0 Å². The molecule has 0 bridgehead atoms. The average molecular weight is 220 g/mol. The molecule has 14 heavy (non-hydrogen) atoms. The Kier molecular flexibility index (Phi) is 3.71. The highest BCUT2D eigenvalue weighted by molar-refractivity contribution is 6.01. The molecule has 2 fully saturated rings. The first-order valence-corrected chi connectivity index (χ1v) is 4.56. The van der Waals surface area contributed by atoms with E-state index in [0.717, 1.165) is 19.5 Å². The number of hydrogen-bond donors (Lipinski definition) is 2. The smallest absolute Gasteiger partial charge is 0.324 e. The molecule has 0 aromatic heterocycles. The van der Waals surface area contributed by atoms with E-state index >= 15 is 0 Å². The first-order valence-electron chi connectivity index (χ1n) is 4.56. The van der Waals surface area contributed by atoms with Gasteiger partial charge >= 0.3 is 6.03 Å². The Labute approximate surface area is 88.6 Å². The van der Waals surface area contributed by atoms with Gasteiger partial charge in [-0.3, -0.25) is 9.69 Å². The van der Waals surface area contributed by atoms with Crippen LogP contribution in [0.3, 0.4) is 0 Å². The van der Waals surface area contributed by atoms with Gasteiger partial charge in [-0.2, -0.15) is 0 Å². The molecule has 2 aliphatic heterocycles. The van der Waals surface area contributed by atoms with Crippen molar-refractivity contribution in [1.82, 2.24) is 15.5 Å². The number of nitrogens with one attached hydrogen (secondary N) is 2. The van der Waals surface area contributed by atoms with Crippen molar-refractivity contribution in [2.75, 3.05) is 26.2 Å². The third-order valence-corrected chi connectivity index (χ3v) is 2.54. The van der Waals surface area contributed by atoms with Crippen molar-refractivity contribution < 1.29 is 9.59 Å². The van der Waals surface area contributed by atoms with Gasteiger partial charge in [-0.25, -0.2) is 4.79 Å². The molecule has 0 spiro atoms. The largest absolute Gasteiger partial charge is 0.329 e. The van der Waals surface area contributed by atoms with Crippen LogP contribution in [0.25, 0.3) is 0 Å². The van der Waals surface area contributed by atoms with Crippen molar-refractivity contribution in [3.63, 3.8) is 0 Å². The predicted octanol–water partition coefficient (Wildman–Crippen LogP) is -0.430. The van der Waals surface area contributed by atoms with Crippen LogP contribution in [0.5, 0.6) is 0 Å². The lowest BCUT2D eigenvalue weighted by atomic mass is 10.1. The first-order chi connectivity index (χ1) is 6.27. The van der Waals surface area contributed by atoms with Gasteiger partial charge in [-0.15, -0.1) is 12.4 Å². The fraction of sp³-hybridized carbons (Fsp3) is 0.750. The summed E-state index contributed by atoms with van der Waals surface area (Å²) in [6, 6.07) is -0.239. The maximum Gasteiger partial charge on any atom is 0.324 e. The van der Waals surface area contributed by atoms with Gasteiger partial charge < -0.3 is 10.6 Å². The molecule has 1 unspecified atom stereocenters. The number of amides is 3. The molecule has 0 aromatic rings. The van der Waals surface area contributed by atoms with E-state index in [1.165, 1.54) is 4.90 Å². The van der Waals surface area contributed by atoms with Crippen molar-refractivity contribution in [2.24, 2.45) is 5.92 Å². The lowest BCUT2D eigenvalue weighted by Crippen LogP contribution is -2.36. The second kappa shape index (κ2) is 4.61. The van der Waals surface area contributed by atoms with Crippen LogP contribution in [-0.4, -0.2) is 43.0 Å². The third kappa shape index (κ3) is 2.16. The zero-order chi connectivity index (χ0) is 9.26. The summed E-state index contributed by atoms with van der Waals surface area (Å²) in [5.41, 5.74) is 0. The molecule has 2 heterocycles. The zero-order valence-electron chi connectivity index (χ0n) is 7.78. The number of rotatable bonds is 2. The highest BCUT2D eigenvalue weighted by atomic mass is 35.5. The molecule has 2 saturated heterocycles. The molecule has 1 atom stereocenters. The topological polar surface area (TPSA) is 61.4 Å². The molecule has 0 saturated carbocycles. The van der Waals surface area contributed by atoms with Crippen molar-refractivity contribution in [3.05, 3.63) is 0 Å². The van der Waals surface area contributed by atoms with Gasteiger partial charge in [0.2, 0.25) is 5.91 Å². The second-order valence-corrected chi connectivity index (χ2v) is 3.52. The van der Waals surface area contributed by atoms with E-state index in [0.29, 0.717) is 12.5 Å². The van der Waals surface area contributed by atoms with E-state index in [1.807, 2.05) is 0 Å². The summed E-state index contributed by atoms with van der Waals surface area (Å²) in [5, 5.41) is 5.72. The van der Waals surface area contributed by atoms with Crippen LogP contribution in [-0.2, 0) is 4.79 Å². The van der Waals surface area contributed by atoms with Crippen LogP contribution in [0.1, 0.15) is 6.42 Å². The Hall–Kier alpha value is -0.810. The van der Waals surface area contributed by atoms with E-state index in [4.69, 9.17) is 0 Å². The summed E-state index contributed by atoms with van der Waals surface area (Å²) in [6.07, 6.45) is 1.05. The predicted molar refractivity (Wildman–Crippen MR) is 53.3 cm³/mol. The SMILES string of the molecule is Cl.O=C1CNC(=O)N1CC1CCNC1. The van der Waals surface area contributed by atoms with Crippen LogP contribution in [0.4, 0.5) is 4.79 Å². The van der Waals surface area contributed by atoms with E-state index in [1.54, 1.807) is 0 Å². The number of halogens is 1. The van der Waals surface area contributed by atoms with Crippen LogP contribution in [0, 0.1) is 5.92 Å². The van der Waals surface area contributed by atoms with Crippen LogP contribution < -0.4 is 10.6 Å². The van der Waals surface area contributed by atoms with Gasteiger partial charge in [0, 0.05) is 6.54 Å². The normalized spacial score (nSPS) is 26.3. The van der Waals surface area contributed by atoms with E-state index in [2.05, 4.69) is 10.6 Å². The number of nitrogens with zero attached hydrogens (tertiary/aromatic N) is 1. The minimum absolute atomic E-state index is 0. The second-order valence-electron chi connectivity index (χ2n) is 3.52. The molecule has 3 amide bonds. The summed E-state index contributed by atoms with van der Waals surface area (Å²) in [4.78, 5) is 23.7. The Bertz CT molecular complexity index is 225. The number of carbonyl (C=O) groups is 2. The Morgan fingerprint density at radius 1 is 1.43 bits per heavy atom. The van der Waals surface area contributed by atoms with Crippen molar-refractivity contribution in [2.45, 2.75) is 6.42 Å². The molecule has 0 radical (unpaired) electrons. The number of hydrogen-bond acceptors (Lipinski definition) is 3. The van der Waals surface area contributed by atoms with Crippen LogP contribution in [0.2, 0.25) is 0 Å². The maximum absolute atomic E-state index is 11.2. The Balaban J connectivity index is 0.000000980. The lowest BCUT2D eigenvalue weighted by molar-refractivity contribution is -0.125. The Morgan fingerprint density at radius 3 is 2.71 bits per heavy atom. The monoisotopic (exact) mass is 219 g/mol. The third-order valence-electron chi connectivity index (χ3n) is 2.54.